The second kappa shape index (κ2) is 6.68. The van der Waals surface area contributed by atoms with Crippen LogP contribution in [0.3, 0.4) is 0 Å². The summed E-state index contributed by atoms with van der Waals surface area (Å²) in [5.74, 6) is 0. The van der Waals surface area contributed by atoms with Crippen LogP contribution in [0.25, 0.3) is 0 Å². The van der Waals surface area contributed by atoms with Crippen LogP contribution in [0.15, 0.2) is 60.7 Å². The lowest BCUT2D eigenvalue weighted by Crippen LogP contribution is -2.63. The molecule has 2 rings (SSSR count). The minimum atomic E-state index is -2.50. The molecule has 0 heterocycles. The summed E-state index contributed by atoms with van der Waals surface area (Å²) in [7, 11) is -1.57. The van der Waals surface area contributed by atoms with Gasteiger partial charge in [-0.3, -0.25) is 0 Å². The molecule has 0 saturated carbocycles. The summed E-state index contributed by atoms with van der Waals surface area (Å²) in [5, 5.41) is 2.22. The van der Waals surface area contributed by atoms with Crippen molar-refractivity contribution in [1.82, 2.24) is 0 Å². The van der Waals surface area contributed by atoms with Crippen LogP contribution in [0.5, 0.6) is 0 Å². The SMILES string of the molecule is CO[Si](C)(O[Si](C)(OC)c1ccccc1)c1ccccc1. The van der Waals surface area contributed by atoms with Crippen LogP contribution in [-0.2, 0) is 13.0 Å². The summed E-state index contributed by atoms with van der Waals surface area (Å²) in [6, 6.07) is 20.3. The molecule has 2 aromatic rings. The molecule has 0 bridgehead atoms. The van der Waals surface area contributed by atoms with Gasteiger partial charge in [0.2, 0.25) is 0 Å². The molecule has 0 aliphatic carbocycles. The maximum Gasteiger partial charge on any atom is 0.360 e. The summed E-state index contributed by atoms with van der Waals surface area (Å²) in [5.41, 5.74) is 0. The Morgan fingerprint density at radius 2 is 0.952 bits per heavy atom. The van der Waals surface area contributed by atoms with E-state index in [0.29, 0.717) is 0 Å². The second-order valence-electron chi connectivity index (χ2n) is 5.13. The molecule has 0 aliphatic rings. The first-order valence-corrected chi connectivity index (χ1v) is 11.6. The topological polar surface area (TPSA) is 27.7 Å². The van der Waals surface area contributed by atoms with Gasteiger partial charge >= 0.3 is 17.1 Å². The molecule has 0 amide bonds. The maximum atomic E-state index is 6.53. The zero-order chi connectivity index (χ0) is 15.3. The fourth-order valence-corrected chi connectivity index (χ4v) is 8.94. The van der Waals surface area contributed by atoms with Crippen molar-refractivity contribution in [3.63, 3.8) is 0 Å². The lowest BCUT2D eigenvalue weighted by molar-refractivity contribution is 0.261. The largest absolute Gasteiger partial charge is 0.408 e. The fraction of sp³-hybridized carbons (Fsp3) is 0.250. The monoisotopic (exact) mass is 318 g/mol. The lowest BCUT2D eigenvalue weighted by Gasteiger charge is -2.35. The predicted molar refractivity (Wildman–Crippen MR) is 90.5 cm³/mol. The first-order valence-electron chi connectivity index (χ1n) is 6.95. The minimum Gasteiger partial charge on any atom is -0.408 e. The van der Waals surface area contributed by atoms with Gasteiger partial charge in [0.25, 0.3) is 0 Å². The van der Waals surface area contributed by atoms with Crippen LogP contribution < -0.4 is 10.4 Å². The van der Waals surface area contributed by atoms with E-state index in [4.69, 9.17) is 13.0 Å². The molecular weight excluding hydrogens is 296 g/mol. The Balaban J connectivity index is 2.36. The van der Waals surface area contributed by atoms with Crippen molar-refractivity contribution in [1.29, 1.82) is 0 Å². The molecule has 0 aliphatic heterocycles. The summed E-state index contributed by atoms with van der Waals surface area (Å²) < 4.78 is 18.2. The number of hydrogen-bond acceptors (Lipinski definition) is 3. The molecule has 2 aromatic carbocycles. The molecule has 2 unspecified atom stereocenters. The summed E-state index contributed by atoms with van der Waals surface area (Å²) >= 11 is 0. The molecule has 0 aromatic heterocycles. The molecule has 3 nitrogen and oxygen atoms in total. The Labute approximate surface area is 129 Å². The molecule has 0 spiro atoms. The van der Waals surface area contributed by atoms with Gasteiger partial charge in [0, 0.05) is 14.2 Å². The lowest BCUT2D eigenvalue weighted by atomic mass is 10.4. The summed E-state index contributed by atoms with van der Waals surface area (Å²) in [6.07, 6.45) is 0. The summed E-state index contributed by atoms with van der Waals surface area (Å²) in [6.45, 7) is 4.13. The van der Waals surface area contributed by atoms with Crippen LogP contribution in [0.4, 0.5) is 0 Å². The molecule has 2 atom stereocenters. The predicted octanol–water partition coefficient (Wildman–Crippen LogP) is 2.25. The van der Waals surface area contributed by atoms with E-state index in [1.54, 1.807) is 14.2 Å². The first-order chi connectivity index (χ1) is 10.0. The number of hydrogen-bond donors (Lipinski definition) is 0. The van der Waals surface area contributed by atoms with Gasteiger partial charge in [-0.2, -0.15) is 0 Å². The Morgan fingerprint density at radius 3 is 1.24 bits per heavy atom. The molecule has 112 valence electrons. The first kappa shape index (κ1) is 16.1. The van der Waals surface area contributed by atoms with Crippen LogP contribution in [0.1, 0.15) is 0 Å². The summed E-state index contributed by atoms with van der Waals surface area (Å²) in [4.78, 5) is 0. The van der Waals surface area contributed by atoms with Crippen LogP contribution >= 0.6 is 0 Å². The third-order valence-electron chi connectivity index (χ3n) is 3.76. The van der Waals surface area contributed by atoms with Gasteiger partial charge in [0.15, 0.2) is 0 Å². The van der Waals surface area contributed by atoms with E-state index < -0.39 is 17.1 Å². The van der Waals surface area contributed by atoms with Crippen molar-refractivity contribution >= 4 is 27.5 Å². The Bertz CT molecular complexity index is 513. The van der Waals surface area contributed by atoms with Crippen LogP contribution in [-0.4, -0.2) is 31.3 Å². The van der Waals surface area contributed by atoms with Crippen LogP contribution in [0.2, 0.25) is 13.1 Å². The number of rotatable bonds is 6. The van der Waals surface area contributed by atoms with E-state index in [9.17, 15) is 0 Å². The van der Waals surface area contributed by atoms with Crippen LogP contribution in [0, 0.1) is 0 Å². The quantitative estimate of drug-likeness (QED) is 0.765. The zero-order valence-electron chi connectivity index (χ0n) is 13.0. The van der Waals surface area contributed by atoms with Crippen molar-refractivity contribution in [3.8, 4) is 0 Å². The second-order valence-corrected chi connectivity index (χ2v) is 11.7. The van der Waals surface area contributed by atoms with Gasteiger partial charge < -0.3 is 13.0 Å². The minimum absolute atomic E-state index is 1.11. The zero-order valence-corrected chi connectivity index (χ0v) is 15.0. The molecule has 0 radical (unpaired) electrons. The highest BCUT2D eigenvalue weighted by molar-refractivity contribution is 6.92. The van der Waals surface area contributed by atoms with Gasteiger partial charge in [-0.05, 0) is 23.5 Å². The average molecular weight is 319 g/mol. The highest BCUT2D eigenvalue weighted by atomic mass is 28.5. The van der Waals surface area contributed by atoms with Gasteiger partial charge in [0.1, 0.15) is 0 Å². The van der Waals surface area contributed by atoms with E-state index in [0.717, 1.165) is 10.4 Å². The molecule has 0 fully saturated rings. The highest BCUT2D eigenvalue weighted by Gasteiger charge is 2.44. The smallest absolute Gasteiger partial charge is 0.360 e. The van der Waals surface area contributed by atoms with Gasteiger partial charge in [-0.25, -0.2) is 0 Å². The highest BCUT2D eigenvalue weighted by Crippen LogP contribution is 2.16. The number of benzene rings is 2. The molecule has 5 heteroatoms. The van der Waals surface area contributed by atoms with E-state index in [-0.39, 0.29) is 0 Å². The molecule has 21 heavy (non-hydrogen) atoms. The maximum absolute atomic E-state index is 6.53. The Morgan fingerprint density at radius 1 is 0.619 bits per heavy atom. The third-order valence-corrected chi connectivity index (χ3v) is 11.2. The van der Waals surface area contributed by atoms with Crippen molar-refractivity contribution < 1.29 is 13.0 Å². The molecular formula is C16H22O3Si2. The molecule has 0 N–H and O–H groups in total. The van der Waals surface area contributed by atoms with Crippen molar-refractivity contribution in [2.24, 2.45) is 0 Å². The standard InChI is InChI=1S/C16H22O3Si2/c1-17-20(3,15-11-7-5-8-12-15)19-21(4,18-2)16-13-9-6-10-14-16/h5-14H,1-4H3. The normalized spacial score (nSPS) is 17.0. The van der Waals surface area contributed by atoms with E-state index in [2.05, 4.69) is 37.4 Å². The van der Waals surface area contributed by atoms with Crippen molar-refractivity contribution in [2.45, 2.75) is 13.1 Å². The third kappa shape index (κ3) is 3.50. The van der Waals surface area contributed by atoms with Gasteiger partial charge in [0.05, 0.1) is 0 Å². The molecule has 0 saturated heterocycles. The van der Waals surface area contributed by atoms with Crippen molar-refractivity contribution in [2.75, 3.05) is 14.2 Å². The van der Waals surface area contributed by atoms with E-state index >= 15 is 0 Å². The van der Waals surface area contributed by atoms with E-state index in [1.807, 2.05) is 36.4 Å². The van der Waals surface area contributed by atoms with E-state index in [1.165, 1.54) is 0 Å². The van der Waals surface area contributed by atoms with Crippen molar-refractivity contribution in [3.05, 3.63) is 60.7 Å². The fourth-order valence-electron chi connectivity index (χ4n) is 2.29. The Kier molecular flexibility index (Phi) is 5.13. The average Bonchev–Trinajstić information content (AvgIpc) is 2.56. The van der Waals surface area contributed by atoms with Gasteiger partial charge in [-0.15, -0.1) is 0 Å². The Hall–Kier alpha value is -1.25. The van der Waals surface area contributed by atoms with Gasteiger partial charge in [-0.1, -0.05) is 60.7 Å².